The highest BCUT2D eigenvalue weighted by Gasteiger charge is 2.11. The van der Waals surface area contributed by atoms with Crippen molar-refractivity contribution in [3.05, 3.63) is 72.1 Å². The maximum Gasteiger partial charge on any atom is 0.274 e. The molecule has 0 aliphatic carbocycles. The largest absolute Gasteiger partial charge is 0.491 e. The van der Waals surface area contributed by atoms with Gasteiger partial charge in [0.05, 0.1) is 6.10 Å². The van der Waals surface area contributed by atoms with Crippen molar-refractivity contribution in [1.29, 1.82) is 0 Å². The first-order valence-electron chi connectivity index (χ1n) is 8.75. The van der Waals surface area contributed by atoms with Gasteiger partial charge in [0.25, 0.3) is 5.91 Å². The number of rotatable bonds is 6. The summed E-state index contributed by atoms with van der Waals surface area (Å²) >= 11 is 0. The second-order valence-corrected chi connectivity index (χ2v) is 6.35. The van der Waals surface area contributed by atoms with E-state index < -0.39 is 0 Å². The quantitative estimate of drug-likeness (QED) is 0.672. The number of para-hydroxylation sites is 1. The smallest absolute Gasteiger partial charge is 0.274 e. The lowest BCUT2D eigenvalue weighted by atomic mass is 10.2. The lowest BCUT2D eigenvalue weighted by Crippen LogP contribution is -2.15. The van der Waals surface area contributed by atoms with Crippen LogP contribution in [0.1, 0.15) is 30.0 Å². The molecule has 0 aliphatic rings. The van der Waals surface area contributed by atoms with Crippen LogP contribution in [0.5, 0.6) is 5.75 Å². The first-order chi connectivity index (χ1) is 13.0. The van der Waals surface area contributed by atoms with E-state index in [2.05, 4.69) is 20.6 Å². The van der Waals surface area contributed by atoms with E-state index in [1.165, 1.54) is 0 Å². The fraction of sp³-hybridized carbons (Fsp3) is 0.190. The van der Waals surface area contributed by atoms with Gasteiger partial charge in [-0.3, -0.25) is 4.79 Å². The molecule has 138 valence electrons. The van der Waals surface area contributed by atoms with Gasteiger partial charge in [-0.25, -0.2) is 9.97 Å². The summed E-state index contributed by atoms with van der Waals surface area (Å²) in [6, 6.07) is 18.5. The molecule has 0 radical (unpaired) electrons. The Bertz CT molecular complexity index is 909. The molecule has 1 heterocycles. The van der Waals surface area contributed by atoms with E-state index in [1.54, 1.807) is 18.2 Å². The van der Waals surface area contributed by atoms with Crippen LogP contribution < -0.4 is 15.4 Å². The summed E-state index contributed by atoms with van der Waals surface area (Å²) in [4.78, 5) is 21.2. The summed E-state index contributed by atoms with van der Waals surface area (Å²) in [5, 5.41) is 5.96. The van der Waals surface area contributed by atoms with E-state index in [9.17, 15) is 4.79 Å². The van der Waals surface area contributed by atoms with Crippen LogP contribution in [0.15, 0.2) is 60.7 Å². The van der Waals surface area contributed by atoms with Crippen molar-refractivity contribution in [1.82, 2.24) is 9.97 Å². The number of aryl methyl sites for hydroxylation is 1. The normalized spacial score (nSPS) is 10.5. The topological polar surface area (TPSA) is 76.1 Å². The van der Waals surface area contributed by atoms with Crippen LogP contribution in [0, 0.1) is 6.92 Å². The second kappa shape index (κ2) is 8.31. The Labute approximate surface area is 158 Å². The highest BCUT2D eigenvalue weighted by molar-refractivity contribution is 6.03. The van der Waals surface area contributed by atoms with Crippen molar-refractivity contribution in [2.75, 3.05) is 10.6 Å². The van der Waals surface area contributed by atoms with Crippen LogP contribution in [-0.2, 0) is 0 Å². The molecule has 0 aliphatic heterocycles. The number of amides is 1. The molecule has 6 heteroatoms. The SMILES string of the molecule is Cc1cc(C(=O)Nc2ccc(OC(C)C)cc2)nc(Nc2ccccc2)n1. The number of nitrogens with one attached hydrogen (secondary N) is 2. The van der Waals surface area contributed by atoms with Gasteiger partial charge >= 0.3 is 0 Å². The van der Waals surface area contributed by atoms with Crippen molar-refractivity contribution in [2.45, 2.75) is 26.9 Å². The van der Waals surface area contributed by atoms with Gasteiger partial charge in [0.2, 0.25) is 5.95 Å². The monoisotopic (exact) mass is 362 g/mol. The van der Waals surface area contributed by atoms with Gasteiger partial charge in [0.15, 0.2) is 0 Å². The Kier molecular flexibility index (Phi) is 5.66. The highest BCUT2D eigenvalue weighted by Crippen LogP contribution is 2.18. The van der Waals surface area contributed by atoms with E-state index in [1.807, 2.05) is 63.2 Å². The van der Waals surface area contributed by atoms with Crippen LogP contribution in [0.4, 0.5) is 17.3 Å². The van der Waals surface area contributed by atoms with Gasteiger partial charge < -0.3 is 15.4 Å². The first kappa shape index (κ1) is 18.4. The summed E-state index contributed by atoms with van der Waals surface area (Å²) in [6.07, 6.45) is 0.102. The lowest BCUT2D eigenvalue weighted by molar-refractivity contribution is 0.102. The van der Waals surface area contributed by atoms with Crippen LogP contribution in [0.2, 0.25) is 0 Å². The molecule has 27 heavy (non-hydrogen) atoms. The average Bonchev–Trinajstić information content (AvgIpc) is 2.63. The second-order valence-electron chi connectivity index (χ2n) is 6.35. The molecule has 3 aromatic rings. The van der Waals surface area contributed by atoms with Gasteiger partial charge in [-0.1, -0.05) is 18.2 Å². The molecule has 2 aromatic carbocycles. The van der Waals surface area contributed by atoms with E-state index in [0.29, 0.717) is 23.0 Å². The fourth-order valence-electron chi connectivity index (χ4n) is 2.48. The molecular weight excluding hydrogens is 340 g/mol. The maximum atomic E-state index is 12.6. The predicted octanol–water partition coefficient (Wildman–Crippen LogP) is 4.57. The zero-order valence-electron chi connectivity index (χ0n) is 15.6. The van der Waals surface area contributed by atoms with Crippen LogP contribution in [0.3, 0.4) is 0 Å². The van der Waals surface area contributed by atoms with E-state index in [-0.39, 0.29) is 12.0 Å². The first-order valence-corrected chi connectivity index (χ1v) is 8.75. The number of hydrogen-bond donors (Lipinski definition) is 2. The fourth-order valence-corrected chi connectivity index (χ4v) is 2.48. The molecule has 6 nitrogen and oxygen atoms in total. The minimum absolute atomic E-state index is 0.102. The third kappa shape index (κ3) is 5.28. The van der Waals surface area contributed by atoms with Crippen molar-refractivity contribution in [3.63, 3.8) is 0 Å². The predicted molar refractivity (Wildman–Crippen MR) is 107 cm³/mol. The van der Waals surface area contributed by atoms with Crippen LogP contribution in [0.25, 0.3) is 0 Å². The van der Waals surface area contributed by atoms with Gasteiger partial charge in [0.1, 0.15) is 11.4 Å². The number of aromatic nitrogens is 2. The van der Waals surface area contributed by atoms with Crippen molar-refractivity contribution in [3.8, 4) is 5.75 Å². The van der Waals surface area contributed by atoms with E-state index >= 15 is 0 Å². The zero-order chi connectivity index (χ0) is 19.2. The molecule has 0 bridgehead atoms. The lowest BCUT2D eigenvalue weighted by Gasteiger charge is -2.11. The standard InChI is InChI=1S/C21H22N4O2/c1-14(2)27-18-11-9-17(10-12-18)23-20(26)19-13-15(3)22-21(25-19)24-16-7-5-4-6-8-16/h4-14H,1-3H3,(H,23,26)(H,22,24,25). The Morgan fingerprint density at radius 2 is 1.67 bits per heavy atom. The van der Waals surface area contributed by atoms with Crippen molar-refractivity contribution >= 4 is 23.2 Å². The Balaban J connectivity index is 1.72. The van der Waals surface area contributed by atoms with Gasteiger partial charge in [-0.05, 0) is 63.2 Å². The van der Waals surface area contributed by atoms with E-state index in [0.717, 1.165) is 11.4 Å². The number of ether oxygens (including phenoxy) is 1. The van der Waals surface area contributed by atoms with Crippen LogP contribution >= 0.6 is 0 Å². The number of nitrogens with zero attached hydrogens (tertiary/aromatic N) is 2. The molecule has 0 spiro atoms. The van der Waals surface area contributed by atoms with E-state index in [4.69, 9.17) is 4.74 Å². The zero-order valence-corrected chi connectivity index (χ0v) is 15.6. The average molecular weight is 362 g/mol. The number of carbonyl (C=O) groups excluding carboxylic acids is 1. The number of anilines is 3. The summed E-state index contributed by atoms with van der Waals surface area (Å²) in [5.41, 5.74) is 2.53. The highest BCUT2D eigenvalue weighted by atomic mass is 16.5. The maximum absolute atomic E-state index is 12.6. The van der Waals surface area contributed by atoms with Crippen molar-refractivity contribution < 1.29 is 9.53 Å². The Morgan fingerprint density at radius 1 is 0.963 bits per heavy atom. The molecule has 1 amide bonds. The molecule has 0 fully saturated rings. The molecule has 3 rings (SSSR count). The Hall–Kier alpha value is -3.41. The van der Waals surface area contributed by atoms with Crippen LogP contribution in [-0.4, -0.2) is 22.0 Å². The Morgan fingerprint density at radius 3 is 2.33 bits per heavy atom. The molecule has 0 unspecified atom stereocenters. The van der Waals surface area contributed by atoms with Gasteiger partial charge in [0, 0.05) is 17.1 Å². The summed E-state index contributed by atoms with van der Waals surface area (Å²) in [6.45, 7) is 5.76. The summed E-state index contributed by atoms with van der Waals surface area (Å²) in [7, 11) is 0. The minimum atomic E-state index is -0.297. The molecule has 2 N–H and O–H groups in total. The number of benzene rings is 2. The third-order valence-corrected chi connectivity index (χ3v) is 3.60. The third-order valence-electron chi connectivity index (χ3n) is 3.60. The van der Waals surface area contributed by atoms with Crippen molar-refractivity contribution in [2.24, 2.45) is 0 Å². The molecule has 0 atom stereocenters. The molecule has 1 aromatic heterocycles. The summed E-state index contributed by atoms with van der Waals surface area (Å²) < 4.78 is 5.61. The molecule has 0 saturated heterocycles. The minimum Gasteiger partial charge on any atom is -0.491 e. The van der Waals surface area contributed by atoms with Gasteiger partial charge in [-0.2, -0.15) is 0 Å². The molecule has 0 saturated carbocycles. The number of carbonyl (C=O) groups is 1. The summed E-state index contributed by atoms with van der Waals surface area (Å²) in [5.74, 6) is 0.844. The number of hydrogen-bond acceptors (Lipinski definition) is 5. The van der Waals surface area contributed by atoms with Gasteiger partial charge in [-0.15, -0.1) is 0 Å². The molecular formula is C21H22N4O2.